The van der Waals surface area contributed by atoms with Gasteiger partial charge in [0, 0.05) is 18.8 Å². The van der Waals surface area contributed by atoms with Crippen LogP contribution in [0, 0.1) is 24.2 Å². The highest BCUT2D eigenvalue weighted by atomic mass is 15.2. The largest absolute Gasteiger partial charge is 0.371 e. The number of hydrogen-bond acceptors (Lipinski definition) is 2. The molecule has 2 rings (SSSR count). The van der Waals surface area contributed by atoms with Gasteiger partial charge in [0.1, 0.15) is 0 Å². The summed E-state index contributed by atoms with van der Waals surface area (Å²) in [6.07, 6.45) is 0. The smallest absolute Gasteiger partial charge is 0.0992 e. The first-order chi connectivity index (χ1) is 6.70. The molecule has 72 valence electrons. The summed E-state index contributed by atoms with van der Waals surface area (Å²) in [6, 6.07) is 8.07. The van der Waals surface area contributed by atoms with Crippen molar-refractivity contribution >= 4 is 5.69 Å². The zero-order valence-corrected chi connectivity index (χ0v) is 8.62. The highest BCUT2D eigenvalue weighted by Crippen LogP contribution is 2.28. The van der Waals surface area contributed by atoms with Gasteiger partial charge in [-0.1, -0.05) is 13.0 Å². The highest BCUT2D eigenvalue weighted by molar-refractivity contribution is 5.58. The summed E-state index contributed by atoms with van der Waals surface area (Å²) in [5.41, 5.74) is 3.24. The molecule has 2 nitrogen and oxygen atoms in total. The fraction of sp³-hybridized carbons (Fsp3) is 0.417. The van der Waals surface area contributed by atoms with Crippen molar-refractivity contribution in [3.8, 4) is 6.07 Å². The third-order valence-electron chi connectivity index (χ3n) is 2.74. The average Bonchev–Trinajstić information content (AvgIpc) is 2.14. The number of rotatable bonds is 1. The van der Waals surface area contributed by atoms with Crippen molar-refractivity contribution < 1.29 is 0 Å². The van der Waals surface area contributed by atoms with E-state index in [1.807, 2.05) is 18.2 Å². The zero-order chi connectivity index (χ0) is 10.1. The maximum atomic E-state index is 8.81. The summed E-state index contributed by atoms with van der Waals surface area (Å²) >= 11 is 0. The quantitative estimate of drug-likeness (QED) is 0.673. The maximum Gasteiger partial charge on any atom is 0.0992 e. The van der Waals surface area contributed by atoms with Crippen molar-refractivity contribution in [1.29, 1.82) is 5.26 Å². The first kappa shape index (κ1) is 9.08. The molecule has 0 atom stereocenters. The minimum Gasteiger partial charge on any atom is -0.371 e. The number of nitrogens with zero attached hydrogens (tertiary/aromatic N) is 2. The second-order valence-electron chi connectivity index (χ2n) is 4.12. The van der Waals surface area contributed by atoms with Crippen LogP contribution in [0.3, 0.4) is 0 Å². The average molecular weight is 186 g/mol. The lowest BCUT2D eigenvalue weighted by Crippen LogP contribution is -2.45. The monoisotopic (exact) mass is 186 g/mol. The van der Waals surface area contributed by atoms with E-state index in [0.717, 1.165) is 24.6 Å². The Hall–Kier alpha value is -1.49. The van der Waals surface area contributed by atoms with Gasteiger partial charge in [-0.2, -0.15) is 5.26 Å². The van der Waals surface area contributed by atoms with E-state index in [1.54, 1.807) is 0 Å². The minimum atomic E-state index is 0.755. The Kier molecular flexibility index (Phi) is 2.17. The molecule has 1 aromatic rings. The number of anilines is 1. The van der Waals surface area contributed by atoms with Gasteiger partial charge in [0.05, 0.1) is 11.6 Å². The molecule has 2 heteroatoms. The van der Waals surface area contributed by atoms with Crippen LogP contribution in [0.1, 0.15) is 18.1 Å². The van der Waals surface area contributed by atoms with Gasteiger partial charge in [0.15, 0.2) is 0 Å². The van der Waals surface area contributed by atoms with E-state index in [0.29, 0.717) is 0 Å². The molecule has 1 fully saturated rings. The van der Waals surface area contributed by atoms with Crippen molar-refractivity contribution in [3.63, 3.8) is 0 Å². The molecule has 1 aliphatic rings. The number of benzene rings is 1. The molecule has 0 aromatic heterocycles. The summed E-state index contributed by atoms with van der Waals surface area (Å²) in [5.74, 6) is 0.792. The second kappa shape index (κ2) is 3.34. The molecule has 0 N–H and O–H groups in total. The lowest BCUT2D eigenvalue weighted by atomic mass is 9.99. The Morgan fingerprint density at radius 3 is 2.71 bits per heavy atom. The van der Waals surface area contributed by atoms with Crippen LogP contribution in [0.4, 0.5) is 5.69 Å². The Morgan fingerprint density at radius 1 is 1.43 bits per heavy atom. The van der Waals surface area contributed by atoms with Gasteiger partial charge < -0.3 is 4.90 Å². The van der Waals surface area contributed by atoms with E-state index in [4.69, 9.17) is 5.26 Å². The summed E-state index contributed by atoms with van der Waals surface area (Å²) < 4.78 is 0. The molecular weight excluding hydrogens is 172 g/mol. The topological polar surface area (TPSA) is 27.0 Å². The molecule has 1 aliphatic heterocycles. The highest BCUT2D eigenvalue weighted by Gasteiger charge is 2.23. The van der Waals surface area contributed by atoms with E-state index < -0.39 is 0 Å². The first-order valence-corrected chi connectivity index (χ1v) is 4.96. The van der Waals surface area contributed by atoms with Crippen LogP contribution >= 0.6 is 0 Å². The molecule has 0 bridgehead atoms. The Labute approximate surface area is 84.8 Å². The summed E-state index contributed by atoms with van der Waals surface area (Å²) in [4.78, 5) is 2.33. The van der Waals surface area contributed by atoms with Crippen LogP contribution in [-0.4, -0.2) is 13.1 Å². The lowest BCUT2D eigenvalue weighted by molar-refractivity contribution is 0.446. The molecule has 0 unspecified atom stereocenters. The first-order valence-electron chi connectivity index (χ1n) is 4.96. The van der Waals surface area contributed by atoms with Crippen molar-refractivity contribution in [3.05, 3.63) is 29.3 Å². The van der Waals surface area contributed by atoms with Crippen molar-refractivity contribution in [2.45, 2.75) is 13.8 Å². The van der Waals surface area contributed by atoms with Crippen LogP contribution < -0.4 is 4.90 Å². The van der Waals surface area contributed by atoms with Gasteiger partial charge in [-0.15, -0.1) is 0 Å². The Morgan fingerprint density at radius 2 is 2.14 bits per heavy atom. The predicted octanol–water partition coefficient (Wildman–Crippen LogP) is 2.32. The number of aryl methyl sites for hydroxylation is 1. The molecule has 14 heavy (non-hydrogen) atoms. The van der Waals surface area contributed by atoms with E-state index in [9.17, 15) is 0 Å². The van der Waals surface area contributed by atoms with Gasteiger partial charge in [-0.25, -0.2) is 0 Å². The third kappa shape index (κ3) is 1.46. The molecule has 0 amide bonds. The summed E-state index contributed by atoms with van der Waals surface area (Å²) in [7, 11) is 0. The van der Waals surface area contributed by atoms with Crippen LogP contribution in [0.15, 0.2) is 18.2 Å². The number of hydrogen-bond donors (Lipinski definition) is 0. The molecular formula is C12H14N2. The van der Waals surface area contributed by atoms with Gasteiger partial charge in [0.25, 0.3) is 0 Å². The Bertz CT molecular complexity index is 384. The molecule has 1 saturated heterocycles. The normalized spacial score (nSPS) is 16.2. The summed E-state index contributed by atoms with van der Waals surface area (Å²) in [5, 5.41) is 8.81. The van der Waals surface area contributed by atoms with Gasteiger partial charge in [-0.05, 0) is 30.5 Å². The molecule has 1 aromatic carbocycles. The fourth-order valence-corrected chi connectivity index (χ4v) is 1.92. The van der Waals surface area contributed by atoms with Gasteiger partial charge in [-0.3, -0.25) is 0 Å². The molecule has 1 heterocycles. The molecule has 0 radical (unpaired) electrons. The van der Waals surface area contributed by atoms with Crippen LogP contribution in [-0.2, 0) is 0 Å². The van der Waals surface area contributed by atoms with Crippen LogP contribution in [0.2, 0.25) is 0 Å². The third-order valence-corrected chi connectivity index (χ3v) is 2.74. The van der Waals surface area contributed by atoms with E-state index >= 15 is 0 Å². The summed E-state index contributed by atoms with van der Waals surface area (Å²) in [6.45, 7) is 6.59. The minimum absolute atomic E-state index is 0.755. The van der Waals surface area contributed by atoms with Crippen LogP contribution in [0.25, 0.3) is 0 Å². The molecule has 0 spiro atoms. The Balaban J connectivity index is 2.28. The predicted molar refractivity (Wildman–Crippen MR) is 57.3 cm³/mol. The number of nitriles is 1. The maximum absolute atomic E-state index is 8.81. The fourth-order valence-electron chi connectivity index (χ4n) is 1.92. The van der Waals surface area contributed by atoms with E-state index in [2.05, 4.69) is 24.8 Å². The molecule has 0 saturated carbocycles. The van der Waals surface area contributed by atoms with Crippen molar-refractivity contribution in [2.75, 3.05) is 18.0 Å². The van der Waals surface area contributed by atoms with Crippen molar-refractivity contribution in [1.82, 2.24) is 0 Å². The molecule has 0 aliphatic carbocycles. The second-order valence-corrected chi connectivity index (χ2v) is 4.12. The lowest BCUT2D eigenvalue weighted by Gasteiger charge is -2.40. The SMILES string of the molecule is Cc1ccc(C#N)cc1N1CC(C)C1. The van der Waals surface area contributed by atoms with Gasteiger partial charge in [0.2, 0.25) is 0 Å². The standard InChI is InChI=1S/C12H14N2/c1-9-7-14(8-9)12-5-11(6-13)4-3-10(12)2/h3-5,9H,7-8H2,1-2H3. The zero-order valence-electron chi connectivity index (χ0n) is 8.62. The van der Waals surface area contributed by atoms with Gasteiger partial charge >= 0.3 is 0 Å². The van der Waals surface area contributed by atoms with E-state index in [-0.39, 0.29) is 0 Å². The van der Waals surface area contributed by atoms with E-state index in [1.165, 1.54) is 11.3 Å². The van der Waals surface area contributed by atoms with Crippen LogP contribution in [0.5, 0.6) is 0 Å². The van der Waals surface area contributed by atoms with Crippen molar-refractivity contribution in [2.24, 2.45) is 5.92 Å².